The number of nitrogens with zero attached hydrogens (tertiary/aromatic N) is 1. The Morgan fingerprint density at radius 2 is 2.12 bits per heavy atom. The smallest absolute Gasteiger partial charge is 0.0391 e. The number of rotatable bonds is 4. The predicted octanol–water partition coefficient (Wildman–Crippen LogP) is 2.04. The molecule has 1 aliphatic heterocycles. The number of thioether (sulfide) groups is 1. The molecule has 1 fully saturated rings. The lowest BCUT2D eigenvalue weighted by molar-refractivity contribution is 0.314. The maximum Gasteiger partial charge on any atom is 0.0391 e. The van der Waals surface area contributed by atoms with Crippen molar-refractivity contribution in [3.05, 3.63) is 23.8 Å². The van der Waals surface area contributed by atoms with Crippen molar-refractivity contribution in [1.29, 1.82) is 0 Å². The average Bonchev–Trinajstić information content (AvgIpc) is 2.36. The Bertz CT molecular complexity index is 362. The Labute approximate surface area is 108 Å². The first-order chi connectivity index (χ1) is 8.27. The second-order valence-corrected chi connectivity index (χ2v) is 5.63. The van der Waals surface area contributed by atoms with E-state index in [9.17, 15) is 0 Å². The van der Waals surface area contributed by atoms with Crippen molar-refractivity contribution < 1.29 is 0 Å². The minimum Gasteiger partial charge on any atom is -0.398 e. The minimum absolute atomic E-state index is 0.865. The Balaban J connectivity index is 1.79. The third kappa shape index (κ3) is 3.54. The van der Waals surface area contributed by atoms with Crippen molar-refractivity contribution >= 4 is 23.1 Å². The first kappa shape index (κ1) is 12.6. The average molecular weight is 251 g/mol. The lowest BCUT2D eigenvalue weighted by atomic mass is 10.1. The zero-order chi connectivity index (χ0) is 12.1. The fraction of sp³-hybridized carbons (Fsp3) is 0.538. The number of anilines is 2. The second-order valence-electron chi connectivity index (χ2n) is 4.40. The molecule has 1 saturated heterocycles. The molecule has 94 valence electrons. The molecule has 0 atom stereocenters. The first-order valence-corrected chi connectivity index (χ1v) is 7.32. The molecule has 3 nitrogen and oxygen atoms in total. The molecule has 4 heteroatoms. The maximum atomic E-state index is 5.88. The zero-order valence-electron chi connectivity index (χ0n) is 10.4. The van der Waals surface area contributed by atoms with Gasteiger partial charge < -0.3 is 11.1 Å². The molecule has 1 aliphatic rings. The monoisotopic (exact) mass is 251 g/mol. The topological polar surface area (TPSA) is 41.3 Å². The molecule has 1 aromatic rings. The minimum atomic E-state index is 0.865. The van der Waals surface area contributed by atoms with Crippen LogP contribution in [0.2, 0.25) is 0 Å². The van der Waals surface area contributed by atoms with Crippen LogP contribution in [0.15, 0.2) is 18.2 Å². The number of nitrogens with one attached hydrogen (secondary N) is 1. The van der Waals surface area contributed by atoms with E-state index in [-0.39, 0.29) is 0 Å². The van der Waals surface area contributed by atoms with E-state index in [1.54, 1.807) is 0 Å². The van der Waals surface area contributed by atoms with Crippen LogP contribution in [0.3, 0.4) is 0 Å². The molecular formula is C13H21N3S. The SMILES string of the molecule is Cc1c(N)cccc1NCCN1CCSCC1. The van der Waals surface area contributed by atoms with Gasteiger partial charge in [-0.25, -0.2) is 0 Å². The summed E-state index contributed by atoms with van der Waals surface area (Å²) in [4.78, 5) is 2.52. The van der Waals surface area contributed by atoms with Gasteiger partial charge in [-0.15, -0.1) is 0 Å². The lowest BCUT2D eigenvalue weighted by Crippen LogP contribution is -2.36. The summed E-state index contributed by atoms with van der Waals surface area (Å²) in [7, 11) is 0. The highest BCUT2D eigenvalue weighted by molar-refractivity contribution is 7.99. The van der Waals surface area contributed by atoms with E-state index in [1.807, 2.05) is 12.1 Å². The van der Waals surface area contributed by atoms with Gasteiger partial charge in [-0.3, -0.25) is 4.90 Å². The van der Waals surface area contributed by atoms with Crippen LogP contribution >= 0.6 is 11.8 Å². The number of hydrogen-bond donors (Lipinski definition) is 2. The number of hydrogen-bond acceptors (Lipinski definition) is 4. The van der Waals surface area contributed by atoms with E-state index >= 15 is 0 Å². The van der Waals surface area contributed by atoms with Crippen LogP contribution in [0.5, 0.6) is 0 Å². The molecule has 1 heterocycles. The van der Waals surface area contributed by atoms with Crippen molar-refractivity contribution in [2.75, 3.05) is 48.7 Å². The third-order valence-electron chi connectivity index (χ3n) is 3.22. The standard InChI is InChI=1S/C13H21N3S/c1-11-12(14)3-2-4-13(11)15-5-6-16-7-9-17-10-8-16/h2-4,15H,5-10,14H2,1H3. The van der Waals surface area contributed by atoms with Gasteiger partial charge in [0.15, 0.2) is 0 Å². The number of nitrogen functional groups attached to an aromatic ring is 1. The van der Waals surface area contributed by atoms with Crippen molar-refractivity contribution in [1.82, 2.24) is 4.90 Å². The summed E-state index contributed by atoms with van der Waals surface area (Å²) in [5, 5.41) is 3.47. The normalized spacial score (nSPS) is 17.0. The van der Waals surface area contributed by atoms with Crippen LogP contribution in [-0.4, -0.2) is 42.6 Å². The van der Waals surface area contributed by atoms with Crippen LogP contribution in [0.25, 0.3) is 0 Å². The highest BCUT2D eigenvalue weighted by Gasteiger charge is 2.09. The largest absolute Gasteiger partial charge is 0.398 e. The van der Waals surface area contributed by atoms with Gasteiger partial charge in [-0.05, 0) is 24.6 Å². The number of benzene rings is 1. The molecule has 0 amide bonds. The zero-order valence-corrected chi connectivity index (χ0v) is 11.2. The molecule has 0 saturated carbocycles. The third-order valence-corrected chi connectivity index (χ3v) is 4.17. The quantitative estimate of drug-likeness (QED) is 0.804. The van der Waals surface area contributed by atoms with E-state index in [4.69, 9.17) is 5.73 Å². The van der Waals surface area contributed by atoms with Gasteiger partial charge in [0.05, 0.1) is 0 Å². The summed E-state index contributed by atoms with van der Waals surface area (Å²) in [6.45, 7) is 6.63. The molecular weight excluding hydrogens is 230 g/mol. The molecule has 2 rings (SSSR count). The Kier molecular flexibility index (Phi) is 4.57. The van der Waals surface area contributed by atoms with E-state index in [2.05, 4.69) is 35.0 Å². The molecule has 0 aliphatic carbocycles. The van der Waals surface area contributed by atoms with E-state index in [0.29, 0.717) is 0 Å². The van der Waals surface area contributed by atoms with Gasteiger partial charge >= 0.3 is 0 Å². The highest BCUT2D eigenvalue weighted by atomic mass is 32.2. The predicted molar refractivity (Wildman–Crippen MR) is 77.8 cm³/mol. The van der Waals surface area contributed by atoms with E-state index in [1.165, 1.54) is 24.6 Å². The van der Waals surface area contributed by atoms with Crippen LogP contribution in [-0.2, 0) is 0 Å². The maximum absolute atomic E-state index is 5.88. The summed E-state index contributed by atoms with van der Waals surface area (Å²) in [5.74, 6) is 2.55. The van der Waals surface area contributed by atoms with Gasteiger partial charge in [0.2, 0.25) is 0 Å². The van der Waals surface area contributed by atoms with Crippen LogP contribution < -0.4 is 11.1 Å². The van der Waals surface area contributed by atoms with Gasteiger partial charge in [-0.2, -0.15) is 11.8 Å². The summed E-state index contributed by atoms with van der Waals surface area (Å²) < 4.78 is 0. The van der Waals surface area contributed by atoms with Crippen molar-refractivity contribution in [2.45, 2.75) is 6.92 Å². The van der Waals surface area contributed by atoms with Gasteiger partial charge in [0.25, 0.3) is 0 Å². The molecule has 3 N–H and O–H groups in total. The summed E-state index contributed by atoms with van der Waals surface area (Å²) in [5.41, 5.74) is 9.06. The first-order valence-electron chi connectivity index (χ1n) is 6.16. The molecule has 0 aromatic heterocycles. The number of nitrogens with two attached hydrogens (primary N) is 1. The molecule has 17 heavy (non-hydrogen) atoms. The van der Waals surface area contributed by atoms with Crippen LogP contribution in [0.1, 0.15) is 5.56 Å². The van der Waals surface area contributed by atoms with Crippen molar-refractivity contribution in [2.24, 2.45) is 0 Å². The second kappa shape index (κ2) is 6.17. The van der Waals surface area contributed by atoms with Gasteiger partial charge in [0, 0.05) is 49.1 Å². The van der Waals surface area contributed by atoms with Gasteiger partial charge in [0.1, 0.15) is 0 Å². The van der Waals surface area contributed by atoms with E-state index in [0.717, 1.165) is 30.0 Å². The fourth-order valence-corrected chi connectivity index (χ4v) is 3.00. The Hall–Kier alpha value is -0.870. The molecule has 0 unspecified atom stereocenters. The molecule has 0 spiro atoms. The molecule has 0 radical (unpaired) electrons. The summed E-state index contributed by atoms with van der Waals surface area (Å²) >= 11 is 2.05. The lowest BCUT2D eigenvalue weighted by Gasteiger charge is -2.26. The van der Waals surface area contributed by atoms with Crippen molar-refractivity contribution in [3.8, 4) is 0 Å². The van der Waals surface area contributed by atoms with Gasteiger partial charge in [-0.1, -0.05) is 6.07 Å². The molecule has 0 bridgehead atoms. The van der Waals surface area contributed by atoms with Crippen molar-refractivity contribution in [3.63, 3.8) is 0 Å². The van der Waals surface area contributed by atoms with Crippen LogP contribution in [0.4, 0.5) is 11.4 Å². The Morgan fingerprint density at radius 3 is 2.88 bits per heavy atom. The Morgan fingerprint density at radius 1 is 1.35 bits per heavy atom. The molecule has 1 aromatic carbocycles. The summed E-state index contributed by atoms with van der Waals surface area (Å²) in [6.07, 6.45) is 0. The fourth-order valence-electron chi connectivity index (χ4n) is 2.02. The van der Waals surface area contributed by atoms with Crippen LogP contribution in [0, 0.1) is 6.92 Å². The highest BCUT2D eigenvalue weighted by Crippen LogP contribution is 2.20. The summed E-state index contributed by atoms with van der Waals surface area (Å²) in [6, 6.07) is 6.04. The van der Waals surface area contributed by atoms with E-state index < -0.39 is 0 Å².